The van der Waals surface area contributed by atoms with Crippen LogP contribution in [0.1, 0.15) is 33.1 Å². The number of hydroxylamine groups is 1. The van der Waals surface area contributed by atoms with E-state index in [0.717, 1.165) is 0 Å². The van der Waals surface area contributed by atoms with Gasteiger partial charge in [0.25, 0.3) is 0 Å². The maximum Gasteiger partial charge on any atom is 0.244 e. The van der Waals surface area contributed by atoms with Gasteiger partial charge < -0.3 is 5.32 Å². The Bertz CT molecular complexity index is 405. The molecule has 0 aromatic heterocycles. The molecule has 7 nitrogen and oxygen atoms in total. The topological polar surface area (TPSA) is 113 Å². The summed E-state index contributed by atoms with van der Waals surface area (Å²) in [6, 6.07) is 0. The normalized spacial score (nSPS) is 13.1. The van der Waals surface area contributed by atoms with Gasteiger partial charge >= 0.3 is 0 Å². The summed E-state index contributed by atoms with van der Waals surface area (Å²) in [5.41, 5.74) is 1.43. The highest BCUT2D eigenvalue weighted by atomic mass is 32.2. The van der Waals surface area contributed by atoms with Crippen LogP contribution in [0.4, 0.5) is 0 Å². The van der Waals surface area contributed by atoms with E-state index < -0.39 is 21.0 Å². The van der Waals surface area contributed by atoms with Gasteiger partial charge in [-0.25, -0.2) is 13.9 Å². The molecule has 0 fully saturated rings. The molecule has 1 atom stereocenters. The number of carbonyl (C=O) groups excluding carboxylic acids is 2. The second-order valence-corrected chi connectivity index (χ2v) is 7.18. The Balaban J connectivity index is 4.80. The second-order valence-electron chi connectivity index (χ2n) is 4.78. The Morgan fingerprint density at radius 2 is 1.79 bits per heavy atom. The van der Waals surface area contributed by atoms with Crippen molar-refractivity contribution in [2.45, 2.75) is 38.4 Å². The van der Waals surface area contributed by atoms with Gasteiger partial charge in [0.05, 0.1) is 11.0 Å². The summed E-state index contributed by atoms with van der Waals surface area (Å²) in [6.07, 6.45) is -0.123. The van der Waals surface area contributed by atoms with Gasteiger partial charge in [-0.2, -0.15) is 0 Å². The number of rotatable bonds is 8. The molecule has 8 heteroatoms. The van der Waals surface area contributed by atoms with E-state index >= 15 is 0 Å². The van der Waals surface area contributed by atoms with E-state index in [1.807, 2.05) is 13.8 Å². The van der Waals surface area contributed by atoms with E-state index in [4.69, 9.17) is 5.21 Å². The zero-order valence-corrected chi connectivity index (χ0v) is 12.3. The van der Waals surface area contributed by atoms with Crippen LogP contribution < -0.4 is 10.8 Å². The molecule has 2 amide bonds. The van der Waals surface area contributed by atoms with Crippen LogP contribution in [0.25, 0.3) is 0 Å². The standard InChI is InChI=1S/C11H22N2O5S/c1-8(2)6-9(7-11(15)13-16)19(17,18)5-4-10(14)12-3/h8-9,16H,4-7H2,1-3H3,(H,12,14)(H,13,15). The summed E-state index contributed by atoms with van der Waals surface area (Å²) in [7, 11) is -2.13. The lowest BCUT2D eigenvalue weighted by Gasteiger charge is -2.18. The van der Waals surface area contributed by atoms with Gasteiger partial charge in [-0.3, -0.25) is 14.8 Å². The largest absolute Gasteiger partial charge is 0.359 e. The fraction of sp³-hybridized carbons (Fsp3) is 0.818. The van der Waals surface area contributed by atoms with Crippen molar-refractivity contribution in [3.8, 4) is 0 Å². The van der Waals surface area contributed by atoms with Crippen LogP contribution in [0.5, 0.6) is 0 Å². The van der Waals surface area contributed by atoms with E-state index in [2.05, 4.69) is 5.32 Å². The van der Waals surface area contributed by atoms with Gasteiger partial charge in [-0.1, -0.05) is 13.8 Å². The average Bonchev–Trinajstić information content (AvgIpc) is 2.34. The molecule has 0 radical (unpaired) electrons. The number of hydrogen-bond acceptors (Lipinski definition) is 5. The highest BCUT2D eigenvalue weighted by Gasteiger charge is 2.29. The van der Waals surface area contributed by atoms with Crippen molar-refractivity contribution >= 4 is 21.7 Å². The fourth-order valence-electron chi connectivity index (χ4n) is 1.66. The summed E-state index contributed by atoms with van der Waals surface area (Å²) >= 11 is 0. The molecule has 0 aliphatic heterocycles. The molecule has 112 valence electrons. The van der Waals surface area contributed by atoms with Gasteiger partial charge in [0.15, 0.2) is 9.84 Å². The molecule has 0 bridgehead atoms. The van der Waals surface area contributed by atoms with E-state index in [1.165, 1.54) is 12.5 Å². The molecule has 19 heavy (non-hydrogen) atoms. The van der Waals surface area contributed by atoms with Gasteiger partial charge in [-0.05, 0) is 12.3 Å². The number of carbonyl (C=O) groups is 2. The number of amides is 2. The van der Waals surface area contributed by atoms with Crippen molar-refractivity contribution in [1.82, 2.24) is 10.8 Å². The van der Waals surface area contributed by atoms with Crippen molar-refractivity contribution in [2.75, 3.05) is 12.8 Å². The molecule has 0 aliphatic rings. The van der Waals surface area contributed by atoms with Crippen LogP contribution in [-0.2, 0) is 19.4 Å². The molecule has 0 aliphatic carbocycles. The SMILES string of the molecule is CNC(=O)CCS(=O)(=O)C(CC(=O)NO)CC(C)C. The third kappa shape index (κ3) is 7.12. The third-order valence-electron chi connectivity index (χ3n) is 2.67. The quantitative estimate of drug-likeness (QED) is 0.425. The Morgan fingerprint density at radius 1 is 1.21 bits per heavy atom. The van der Waals surface area contributed by atoms with Crippen molar-refractivity contribution in [1.29, 1.82) is 0 Å². The van der Waals surface area contributed by atoms with Crippen molar-refractivity contribution in [2.24, 2.45) is 5.92 Å². The van der Waals surface area contributed by atoms with E-state index in [9.17, 15) is 18.0 Å². The lowest BCUT2D eigenvalue weighted by Crippen LogP contribution is -2.33. The highest BCUT2D eigenvalue weighted by molar-refractivity contribution is 7.92. The monoisotopic (exact) mass is 294 g/mol. The van der Waals surface area contributed by atoms with E-state index in [1.54, 1.807) is 0 Å². The molecular weight excluding hydrogens is 272 g/mol. The Morgan fingerprint density at radius 3 is 2.21 bits per heavy atom. The van der Waals surface area contributed by atoms with Crippen molar-refractivity contribution in [3.63, 3.8) is 0 Å². The third-order valence-corrected chi connectivity index (χ3v) is 4.82. The summed E-state index contributed by atoms with van der Waals surface area (Å²) in [5.74, 6) is -1.32. The minimum Gasteiger partial charge on any atom is -0.359 e. The Kier molecular flexibility index (Phi) is 7.62. The van der Waals surface area contributed by atoms with E-state index in [-0.39, 0.29) is 30.4 Å². The first-order chi connectivity index (χ1) is 8.72. The lowest BCUT2D eigenvalue weighted by molar-refractivity contribution is -0.129. The number of hydrogen-bond donors (Lipinski definition) is 3. The molecule has 0 saturated carbocycles. The fourth-order valence-corrected chi connectivity index (χ4v) is 3.55. The summed E-state index contributed by atoms with van der Waals surface area (Å²) in [6.45, 7) is 3.69. The van der Waals surface area contributed by atoms with Crippen LogP contribution in [0, 0.1) is 5.92 Å². The van der Waals surface area contributed by atoms with Crippen molar-refractivity contribution < 1.29 is 23.2 Å². The molecule has 0 spiro atoms. The maximum atomic E-state index is 12.1. The first kappa shape index (κ1) is 17.8. The summed E-state index contributed by atoms with van der Waals surface area (Å²) < 4.78 is 24.2. The molecular formula is C11H22N2O5S. The first-order valence-electron chi connectivity index (χ1n) is 6.08. The number of sulfone groups is 1. The molecule has 0 aromatic carbocycles. The van der Waals surface area contributed by atoms with Crippen LogP contribution >= 0.6 is 0 Å². The second kappa shape index (κ2) is 8.11. The number of nitrogens with one attached hydrogen (secondary N) is 2. The van der Waals surface area contributed by atoms with E-state index in [0.29, 0.717) is 6.42 Å². The van der Waals surface area contributed by atoms with Crippen LogP contribution in [-0.4, -0.2) is 43.5 Å². The maximum absolute atomic E-state index is 12.1. The molecule has 0 heterocycles. The molecule has 0 rings (SSSR count). The summed E-state index contributed by atoms with van der Waals surface area (Å²) in [5, 5.41) is 9.94. The Labute approximate surface area is 113 Å². The van der Waals surface area contributed by atoms with Gasteiger partial charge in [0, 0.05) is 19.9 Å². The molecule has 0 aromatic rings. The average molecular weight is 294 g/mol. The minimum atomic E-state index is -3.56. The van der Waals surface area contributed by atoms with Gasteiger partial charge in [0.2, 0.25) is 11.8 Å². The zero-order chi connectivity index (χ0) is 15.1. The predicted molar refractivity (Wildman–Crippen MR) is 70.3 cm³/mol. The molecule has 1 unspecified atom stereocenters. The lowest BCUT2D eigenvalue weighted by atomic mass is 10.1. The van der Waals surface area contributed by atoms with Crippen LogP contribution in [0.3, 0.4) is 0 Å². The van der Waals surface area contributed by atoms with Gasteiger partial charge in [-0.15, -0.1) is 0 Å². The smallest absolute Gasteiger partial charge is 0.244 e. The zero-order valence-electron chi connectivity index (χ0n) is 11.5. The summed E-state index contributed by atoms with van der Waals surface area (Å²) in [4.78, 5) is 22.2. The first-order valence-corrected chi connectivity index (χ1v) is 7.79. The van der Waals surface area contributed by atoms with Crippen molar-refractivity contribution in [3.05, 3.63) is 0 Å². The van der Waals surface area contributed by atoms with Gasteiger partial charge in [0.1, 0.15) is 0 Å². The highest BCUT2D eigenvalue weighted by Crippen LogP contribution is 2.18. The van der Waals surface area contributed by atoms with Crippen LogP contribution in [0.2, 0.25) is 0 Å². The predicted octanol–water partition coefficient (Wildman–Crippen LogP) is -0.152. The Hall–Kier alpha value is -1.15. The molecule has 0 saturated heterocycles. The van der Waals surface area contributed by atoms with Crippen LogP contribution in [0.15, 0.2) is 0 Å². The minimum absolute atomic E-state index is 0.0891. The molecule has 3 N–H and O–H groups in total.